The van der Waals surface area contributed by atoms with Gasteiger partial charge in [0.2, 0.25) is 0 Å². The van der Waals surface area contributed by atoms with E-state index >= 15 is 0 Å². The van der Waals surface area contributed by atoms with Crippen LogP contribution in [-0.4, -0.2) is 24.0 Å². The number of aliphatic hydroxyl groups excluding tert-OH is 1. The maximum atomic E-state index is 13.2. The Balaban J connectivity index is 0.00000167. The molecule has 35 heavy (non-hydrogen) atoms. The lowest BCUT2D eigenvalue weighted by molar-refractivity contribution is -0.141. The van der Waals surface area contributed by atoms with Crippen molar-refractivity contribution < 1.29 is 19.4 Å². The Morgan fingerprint density at radius 3 is 2.23 bits per heavy atom. The molecule has 2 fully saturated rings. The highest BCUT2D eigenvalue weighted by Gasteiger charge is 2.40. The maximum absolute atomic E-state index is 13.2. The molecule has 1 saturated heterocycles. The Hall–Kier alpha value is -2.72. The van der Waals surface area contributed by atoms with Crippen molar-refractivity contribution >= 4 is 17.8 Å². The minimum atomic E-state index is -0.445. The highest BCUT2D eigenvalue weighted by atomic mass is 16.6. The van der Waals surface area contributed by atoms with Crippen molar-refractivity contribution in [2.75, 3.05) is 7.11 Å². The number of ether oxygens (including phenoxy) is 1. The third-order valence-electron chi connectivity index (χ3n) is 7.55. The second-order valence-corrected chi connectivity index (χ2v) is 9.88. The number of rotatable bonds is 8. The standard InChI is InChI=1S/C30H36O3.CH4O/c1-2-22-16-18-26(19-17-22)30-27(21-29(32)33-30)28(31)20-25-12-6-10-24(11-7-13-25)15-14-23-8-4-3-5-9-23;1-2/h2-5,8-9,16-19,24-25,27,30H,1,6-7,10-15,20-21H2;2H,1H3/t24?,25?,27-,30-;/m1./s1. The van der Waals surface area contributed by atoms with Gasteiger partial charge in [-0.3, -0.25) is 9.59 Å². The highest BCUT2D eigenvalue weighted by molar-refractivity contribution is 5.88. The number of aliphatic hydroxyl groups is 1. The molecule has 2 atom stereocenters. The first kappa shape index (κ1) is 26.9. The van der Waals surface area contributed by atoms with E-state index in [1.54, 1.807) is 6.08 Å². The summed E-state index contributed by atoms with van der Waals surface area (Å²) in [5.74, 6) is 0.823. The van der Waals surface area contributed by atoms with Crippen LogP contribution in [0.4, 0.5) is 0 Å². The fourth-order valence-corrected chi connectivity index (χ4v) is 5.59. The van der Waals surface area contributed by atoms with Gasteiger partial charge in [0.05, 0.1) is 12.3 Å². The zero-order valence-corrected chi connectivity index (χ0v) is 21.0. The number of Topliss-reactive ketones (excluding diaryl/α,β-unsaturated/α-hetero) is 1. The van der Waals surface area contributed by atoms with Gasteiger partial charge in [-0.05, 0) is 41.4 Å². The quantitative estimate of drug-likeness (QED) is 0.430. The summed E-state index contributed by atoms with van der Waals surface area (Å²) >= 11 is 0. The smallest absolute Gasteiger partial charge is 0.307 e. The third-order valence-corrected chi connectivity index (χ3v) is 7.55. The van der Waals surface area contributed by atoms with Crippen molar-refractivity contribution in [2.24, 2.45) is 17.8 Å². The molecule has 188 valence electrons. The highest BCUT2D eigenvalue weighted by Crippen LogP contribution is 2.39. The largest absolute Gasteiger partial charge is 0.457 e. The van der Waals surface area contributed by atoms with Gasteiger partial charge in [0.15, 0.2) is 0 Å². The van der Waals surface area contributed by atoms with Gasteiger partial charge in [-0.1, -0.05) is 106 Å². The molecule has 4 heteroatoms. The summed E-state index contributed by atoms with van der Waals surface area (Å²) in [5.41, 5.74) is 3.36. The van der Waals surface area contributed by atoms with Gasteiger partial charge >= 0.3 is 5.97 Å². The average molecular weight is 477 g/mol. The summed E-state index contributed by atoms with van der Waals surface area (Å²) in [7, 11) is 1.00. The van der Waals surface area contributed by atoms with Gasteiger partial charge in [-0.25, -0.2) is 0 Å². The van der Waals surface area contributed by atoms with E-state index in [1.807, 2.05) is 24.3 Å². The summed E-state index contributed by atoms with van der Waals surface area (Å²) in [6.07, 6.45) is 11.7. The number of carbonyl (C=O) groups is 2. The minimum Gasteiger partial charge on any atom is -0.457 e. The van der Waals surface area contributed by atoms with Crippen LogP contribution < -0.4 is 0 Å². The number of ketones is 1. The summed E-state index contributed by atoms with van der Waals surface area (Å²) in [4.78, 5) is 25.3. The minimum absolute atomic E-state index is 0.199. The van der Waals surface area contributed by atoms with Crippen molar-refractivity contribution in [1.29, 1.82) is 0 Å². The van der Waals surface area contributed by atoms with E-state index in [2.05, 4.69) is 36.9 Å². The molecule has 2 aliphatic rings. The molecule has 2 aromatic carbocycles. The molecule has 0 bridgehead atoms. The van der Waals surface area contributed by atoms with E-state index in [-0.39, 0.29) is 24.1 Å². The van der Waals surface area contributed by atoms with Crippen molar-refractivity contribution in [1.82, 2.24) is 0 Å². The number of benzene rings is 2. The molecule has 0 radical (unpaired) electrons. The summed E-state index contributed by atoms with van der Waals surface area (Å²) < 4.78 is 5.58. The number of hydrogen-bond donors (Lipinski definition) is 1. The van der Waals surface area contributed by atoms with Crippen molar-refractivity contribution in [3.63, 3.8) is 0 Å². The summed E-state index contributed by atoms with van der Waals surface area (Å²) in [6.45, 7) is 3.78. The van der Waals surface area contributed by atoms with E-state index in [4.69, 9.17) is 9.84 Å². The van der Waals surface area contributed by atoms with E-state index < -0.39 is 6.10 Å². The molecule has 1 aliphatic carbocycles. The predicted octanol–water partition coefficient (Wildman–Crippen LogP) is 6.72. The second-order valence-electron chi connectivity index (χ2n) is 9.88. The van der Waals surface area contributed by atoms with Gasteiger partial charge < -0.3 is 9.84 Å². The molecule has 4 rings (SSSR count). The molecule has 1 N–H and O–H groups in total. The SMILES string of the molecule is C=Cc1ccc([C@H]2OC(=O)C[C@@H]2C(=O)CC2CCCC(CCc3ccccc3)CCC2)cc1.CO. The maximum Gasteiger partial charge on any atom is 0.307 e. The normalized spacial score (nSPS) is 24.3. The molecule has 4 nitrogen and oxygen atoms in total. The topological polar surface area (TPSA) is 63.6 Å². The molecule has 2 aromatic rings. The molecule has 0 aromatic heterocycles. The van der Waals surface area contributed by atoms with E-state index in [1.165, 1.54) is 37.7 Å². The number of cyclic esters (lactones) is 1. The second kappa shape index (κ2) is 14.0. The molecule has 1 saturated carbocycles. The van der Waals surface area contributed by atoms with Crippen LogP contribution in [0, 0.1) is 17.8 Å². The molecule has 1 heterocycles. The fourth-order valence-electron chi connectivity index (χ4n) is 5.59. The monoisotopic (exact) mass is 476 g/mol. The molecular formula is C31H40O4. The van der Waals surface area contributed by atoms with E-state index in [0.717, 1.165) is 43.4 Å². The Morgan fingerprint density at radius 1 is 0.971 bits per heavy atom. The van der Waals surface area contributed by atoms with Crippen LogP contribution in [0.5, 0.6) is 0 Å². The molecule has 0 amide bonds. The van der Waals surface area contributed by atoms with Gasteiger partial charge in [-0.15, -0.1) is 0 Å². The van der Waals surface area contributed by atoms with Gasteiger partial charge in [0.25, 0.3) is 0 Å². The Morgan fingerprint density at radius 2 is 1.60 bits per heavy atom. The predicted molar refractivity (Wildman–Crippen MR) is 141 cm³/mol. The zero-order chi connectivity index (χ0) is 25.0. The first-order valence-electron chi connectivity index (χ1n) is 13.1. The van der Waals surface area contributed by atoms with Crippen LogP contribution >= 0.6 is 0 Å². The van der Waals surface area contributed by atoms with Crippen LogP contribution in [0.25, 0.3) is 6.08 Å². The van der Waals surface area contributed by atoms with Crippen molar-refractivity contribution in [3.8, 4) is 0 Å². The Labute approximate surface area is 210 Å². The fraction of sp³-hybridized carbons (Fsp3) is 0.484. The van der Waals surface area contributed by atoms with Crippen LogP contribution in [0.3, 0.4) is 0 Å². The van der Waals surface area contributed by atoms with Crippen LogP contribution in [-0.2, 0) is 20.7 Å². The molecule has 1 aliphatic heterocycles. The number of aryl methyl sites for hydroxylation is 1. The number of esters is 1. The summed E-state index contributed by atoms with van der Waals surface area (Å²) in [5, 5.41) is 7.00. The lowest BCUT2D eigenvalue weighted by Gasteiger charge is -2.25. The lowest BCUT2D eigenvalue weighted by atomic mass is 9.79. The van der Waals surface area contributed by atoms with Crippen LogP contribution in [0.15, 0.2) is 61.2 Å². The molecule has 0 unspecified atom stereocenters. The Kier molecular flexibility index (Phi) is 10.7. The lowest BCUT2D eigenvalue weighted by Crippen LogP contribution is -2.22. The zero-order valence-electron chi connectivity index (χ0n) is 21.0. The van der Waals surface area contributed by atoms with Gasteiger partial charge in [-0.2, -0.15) is 0 Å². The summed E-state index contributed by atoms with van der Waals surface area (Å²) in [6, 6.07) is 18.6. The van der Waals surface area contributed by atoms with Crippen LogP contribution in [0.2, 0.25) is 0 Å². The van der Waals surface area contributed by atoms with Gasteiger partial charge in [0.1, 0.15) is 11.9 Å². The number of hydrogen-bond acceptors (Lipinski definition) is 4. The molecular weight excluding hydrogens is 436 g/mol. The van der Waals surface area contributed by atoms with Gasteiger partial charge in [0, 0.05) is 13.5 Å². The third kappa shape index (κ3) is 7.90. The van der Waals surface area contributed by atoms with E-state index in [0.29, 0.717) is 12.3 Å². The van der Waals surface area contributed by atoms with Crippen molar-refractivity contribution in [2.45, 2.75) is 70.3 Å². The van der Waals surface area contributed by atoms with Crippen LogP contribution in [0.1, 0.15) is 80.6 Å². The Bertz CT molecular complexity index is 924. The first-order chi connectivity index (χ1) is 17.1. The first-order valence-corrected chi connectivity index (χ1v) is 13.1. The average Bonchev–Trinajstić information content (AvgIpc) is 3.28. The number of carbonyl (C=O) groups excluding carboxylic acids is 2. The molecule has 0 spiro atoms. The van der Waals surface area contributed by atoms with Crippen molar-refractivity contribution in [3.05, 3.63) is 77.9 Å². The van der Waals surface area contributed by atoms with E-state index in [9.17, 15) is 9.59 Å².